The van der Waals surface area contributed by atoms with Crippen LogP contribution in [0.25, 0.3) is 0 Å². The third-order valence-electron chi connectivity index (χ3n) is 7.50. The third-order valence-corrected chi connectivity index (χ3v) is 7.50. The van der Waals surface area contributed by atoms with Crippen molar-refractivity contribution in [2.24, 2.45) is 0 Å². The highest BCUT2D eigenvalue weighted by Gasteiger charge is 2.40. The molecule has 5 rings (SSSR count). The van der Waals surface area contributed by atoms with Gasteiger partial charge >= 0.3 is 0 Å². The van der Waals surface area contributed by atoms with Gasteiger partial charge in [0.05, 0.1) is 0 Å². The topological polar surface area (TPSA) is 106 Å². The molecule has 8 heteroatoms. The lowest BCUT2D eigenvalue weighted by atomic mass is 9.85. The van der Waals surface area contributed by atoms with Gasteiger partial charge in [0, 0.05) is 41.8 Å². The number of nitrogens with one attached hydrogen (secondary N) is 1. The first-order chi connectivity index (χ1) is 17.0. The van der Waals surface area contributed by atoms with Crippen molar-refractivity contribution < 1.29 is 4.74 Å². The molecule has 2 saturated heterocycles. The fraction of sp³-hybridized carbons (Fsp3) is 0.407. The Morgan fingerprint density at radius 1 is 1.00 bits per heavy atom. The van der Waals surface area contributed by atoms with Gasteiger partial charge in [0.2, 0.25) is 5.88 Å². The fourth-order valence-corrected chi connectivity index (χ4v) is 5.34. The minimum atomic E-state index is 0.341. The lowest BCUT2D eigenvalue weighted by Gasteiger charge is -2.44. The van der Waals surface area contributed by atoms with E-state index in [0.29, 0.717) is 46.6 Å². The molecular formula is C27H35N7O. The fourth-order valence-electron chi connectivity index (χ4n) is 5.34. The molecule has 2 fully saturated rings. The number of nitrogen functional groups attached to an aromatic ring is 2. The van der Waals surface area contributed by atoms with E-state index in [1.54, 1.807) is 6.07 Å². The number of ether oxygens (including phenoxy) is 1. The Labute approximate surface area is 207 Å². The normalized spacial score (nSPS) is 17.6. The van der Waals surface area contributed by atoms with Crippen molar-refractivity contribution in [1.29, 1.82) is 0 Å². The van der Waals surface area contributed by atoms with Crippen LogP contribution in [0.2, 0.25) is 0 Å². The molecule has 0 amide bonds. The van der Waals surface area contributed by atoms with Crippen LogP contribution >= 0.6 is 0 Å². The summed E-state index contributed by atoms with van der Waals surface area (Å²) in [6, 6.07) is 15.7. The van der Waals surface area contributed by atoms with Crippen molar-refractivity contribution in [1.82, 2.24) is 14.9 Å². The molecule has 184 valence electrons. The van der Waals surface area contributed by atoms with E-state index in [4.69, 9.17) is 16.2 Å². The van der Waals surface area contributed by atoms with E-state index in [9.17, 15) is 0 Å². The van der Waals surface area contributed by atoms with Gasteiger partial charge in [-0.1, -0.05) is 13.0 Å². The summed E-state index contributed by atoms with van der Waals surface area (Å²) >= 11 is 0. The number of benzene rings is 2. The van der Waals surface area contributed by atoms with E-state index in [0.717, 1.165) is 18.8 Å². The zero-order valence-corrected chi connectivity index (χ0v) is 20.6. The second kappa shape index (κ2) is 9.62. The van der Waals surface area contributed by atoms with Crippen LogP contribution in [0.15, 0.2) is 48.5 Å². The number of aromatic nitrogens is 2. The van der Waals surface area contributed by atoms with Crippen LogP contribution in [-0.2, 0) is 6.42 Å². The predicted octanol–water partition coefficient (Wildman–Crippen LogP) is 4.80. The van der Waals surface area contributed by atoms with Crippen LogP contribution in [-0.4, -0.2) is 47.1 Å². The number of rotatable bonds is 6. The van der Waals surface area contributed by atoms with E-state index in [2.05, 4.69) is 56.4 Å². The van der Waals surface area contributed by atoms with E-state index >= 15 is 0 Å². The van der Waals surface area contributed by atoms with Crippen LogP contribution in [0.3, 0.4) is 0 Å². The molecule has 3 aromatic rings. The summed E-state index contributed by atoms with van der Waals surface area (Å²) in [5.74, 6) is 1.85. The highest BCUT2D eigenvalue weighted by molar-refractivity contribution is 5.68. The lowest BCUT2D eigenvalue weighted by Crippen LogP contribution is -2.50. The molecule has 1 aromatic heterocycles. The highest BCUT2D eigenvalue weighted by atomic mass is 16.5. The lowest BCUT2D eigenvalue weighted by molar-refractivity contribution is 0.137. The Morgan fingerprint density at radius 3 is 2.43 bits per heavy atom. The number of nitrogens with zero attached hydrogens (tertiary/aromatic N) is 4. The number of hydrogen-bond acceptors (Lipinski definition) is 8. The van der Waals surface area contributed by atoms with Crippen molar-refractivity contribution in [2.75, 3.05) is 48.4 Å². The quantitative estimate of drug-likeness (QED) is 0.438. The molecule has 3 heterocycles. The van der Waals surface area contributed by atoms with Crippen molar-refractivity contribution in [3.63, 3.8) is 0 Å². The summed E-state index contributed by atoms with van der Waals surface area (Å²) in [5, 5.41) is 3.31. The number of piperidine rings is 1. The molecule has 0 radical (unpaired) electrons. The highest BCUT2D eigenvalue weighted by Crippen LogP contribution is 2.38. The van der Waals surface area contributed by atoms with Crippen molar-refractivity contribution in [2.45, 2.75) is 44.6 Å². The van der Waals surface area contributed by atoms with E-state index < -0.39 is 0 Å². The number of anilines is 5. The molecule has 35 heavy (non-hydrogen) atoms. The molecule has 2 aliphatic rings. The van der Waals surface area contributed by atoms with E-state index in [-0.39, 0.29) is 0 Å². The first-order valence-corrected chi connectivity index (χ1v) is 12.5. The van der Waals surface area contributed by atoms with Gasteiger partial charge in [-0.25, -0.2) is 4.98 Å². The molecule has 2 aliphatic heterocycles. The van der Waals surface area contributed by atoms with Crippen LogP contribution in [0.4, 0.5) is 28.7 Å². The van der Waals surface area contributed by atoms with Crippen LogP contribution in [0.5, 0.6) is 11.6 Å². The standard InChI is InChI=1S/C27H35N7O/c1-3-23-26(35-22-7-4-6-19(28)18-22)32-25(24(29)31-23)30-20-8-10-21(11-9-20)34-16-13-27(14-17-34)12-5-15-33(27)2/h4,6-11,18H,3,5,12-17,28H2,1-2H3,(H2,29,31)(H,30,32). The maximum absolute atomic E-state index is 6.22. The zero-order chi connectivity index (χ0) is 24.4. The molecule has 5 N–H and O–H groups in total. The summed E-state index contributed by atoms with van der Waals surface area (Å²) in [5.41, 5.74) is 16.0. The maximum atomic E-state index is 6.22. The van der Waals surface area contributed by atoms with Gasteiger partial charge in [0.25, 0.3) is 0 Å². The van der Waals surface area contributed by atoms with E-state index in [1.165, 1.54) is 37.9 Å². The summed E-state index contributed by atoms with van der Waals surface area (Å²) in [7, 11) is 2.29. The number of nitrogens with two attached hydrogens (primary N) is 2. The van der Waals surface area contributed by atoms with E-state index in [1.807, 2.05) is 25.1 Å². The summed E-state index contributed by atoms with van der Waals surface area (Å²) < 4.78 is 6.00. The molecule has 8 nitrogen and oxygen atoms in total. The summed E-state index contributed by atoms with van der Waals surface area (Å²) in [4.78, 5) is 14.2. The molecule has 0 aliphatic carbocycles. The van der Waals surface area contributed by atoms with Gasteiger partial charge in [-0.3, -0.25) is 0 Å². The van der Waals surface area contributed by atoms with Gasteiger partial charge in [-0.15, -0.1) is 0 Å². The van der Waals surface area contributed by atoms with Crippen molar-refractivity contribution in [3.05, 3.63) is 54.2 Å². The Balaban J connectivity index is 1.28. The minimum Gasteiger partial charge on any atom is -0.437 e. The Bertz CT molecular complexity index is 1170. The first-order valence-electron chi connectivity index (χ1n) is 12.5. The molecule has 0 saturated carbocycles. The monoisotopic (exact) mass is 473 g/mol. The summed E-state index contributed by atoms with van der Waals surface area (Å²) in [6.45, 7) is 5.42. The van der Waals surface area contributed by atoms with Crippen molar-refractivity contribution in [3.8, 4) is 11.6 Å². The molecule has 1 spiro atoms. The molecule has 2 aromatic carbocycles. The second-order valence-electron chi connectivity index (χ2n) is 9.65. The molecular weight excluding hydrogens is 438 g/mol. The summed E-state index contributed by atoms with van der Waals surface area (Å²) in [6.07, 6.45) is 5.78. The largest absolute Gasteiger partial charge is 0.437 e. The molecule has 0 atom stereocenters. The van der Waals surface area contributed by atoms with Gasteiger partial charge in [0.15, 0.2) is 11.6 Å². The van der Waals surface area contributed by atoms with Crippen LogP contribution < -0.4 is 26.4 Å². The maximum Gasteiger partial charge on any atom is 0.243 e. The van der Waals surface area contributed by atoms with Gasteiger partial charge < -0.3 is 31.3 Å². The SMILES string of the molecule is CCc1nc(N)c(Nc2ccc(N3CCC4(CCCN4C)CC3)cc2)nc1Oc1cccc(N)c1. The minimum absolute atomic E-state index is 0.341. The zero-order valence-electron chi connectivity index (χ0n) is 20.6. The number of aryl methyl sites for hydroxylation is 1. The second-order valence-corrected chi connectivity index (χ2v) is 9.65. The van der Waals surface area contributed by atoms with Crippen LogP contribution in [0.1, 0.15) is 38.3 Å². The Morgan fingerprint density at radius 2 is 1.77 bits per heavy atom. The van der Waals surface area contributed by atoms with Crippen LogP contribution in [0, 0.1) is 0 Å². The average Bonchev–Trinajstić information content (AvgIpc) is 3.21. The molecule has 0 unspecified atom stereocenters. The smallest absolute Gasteiger partial charge is 0.243 e. The van der Waals surface area contributed by atoms with Crippen molar-refractivity contribution >= 4 is 28.7 Å². The van der Waals surface area contributed by atoms with Gasteiger partial charge in [-0.05, 0) is 82.1 Å². The Kier molecular flexibility index (Phi) is 6.38. The van der Waals surface area contributed by atoms with Gasteiger partial charge in [0.1, 0.15) is 11.4 Å². The average molecular weight is 474 g/mol. The number of likely N-dealkylation sites (tertiary alicyclic amines) is 1. The van der Waals surface area contributed by atoms with Gasteiger partial charge in [-0.2, -0.15) is 4.98 Å². The molecule has 0 bridgehead atoms. The number of hydrogen-bond donors (Lipinski definition) is 3. The Hall–Kier alpha value is -3.52. The predicted molar refractivity (Wildman–Crippen MR) is 143 cm³/mol. The third kappa shape index (κ3) is 4.84. The first kappa shape index (κ1) is 23.2.